The van der Waals surface area contributed by atoms with Crippen molar-refractivity contribution < 1.29 is 9.47 Å². The molecule has 4 nitrogen and oxygen atoms in total. The summed E-state index contributed by atoms with van der Waals surface area (Å²) in [6.07, 6.45) is 2.75. The second-order valence-corrected chi connectivity index (χ2v) is 4.05. The second-order valence-electron chi connectivity index (χ2n) is 4.05. The molecule has 1 unspecified atom stereocenters. The molecule has 1 saturated heterocycles. The number of ether oxygens (including phenoxy) is 2. The Morgan fingerprint density at radius 3 is 3.07 bits per heavy atom. The molecule has 0 aliphatic carbocycles. The van der Waals surface area contributed by atoms with Crippen molar-refractivity contribution in [3.63, 3.8) is 0 Å². The summed E-state index contributed by atoms with van der Waals surface area (Å²) >= 11 is 0. The Kier molecular flexibility index (Phi) is 6.92. The smallest absolute Gasteiger partial charge is 0.0826 e. The van der Waals surface area contributed by atoms with E-state index in [1.807, 2.05) is 7.05 Å². The summed E-state index contributed by atoms with van der Waals surface area (Å²) in [5, 5.41) is 3.16. The first-order valence-corrected chi connectivity index (χ1v) is 5.84. The minimum absolute atomic E-state index is 0.367. The maximum Gasteiger partial charge on any atom is 0.0826 e. The highest BCUT2D eigenvalue weighted by molar-refractivity contribution is 4.72. The van der Waals surface area contributed by atoms with Crippen LogP contribution in [-0.2, 0) is 9.47 Å². The maximum absolute atomic E-state index is 5.65. The molecule has 0 radical (unpaired) electrons. The van der Waals surface area contributed by atoms with Crippen molar-refractivity contribution in [2.45, 2.75) is 18.9 Å². The Morgan fingerprint density at radius 2 is 2.33 bits per heavy atom. The molecule has 0 saturated carbocycles. The number of likely N-dealkylation sites (N-methyl/N-ethyl adjacent to an activating group) is 1. The lowest BCUT2D eigenvalue weighted by Crippen LogP contribution is -2.46. The highest BCUT2D eigenvalue weighted by Crippen LogP contribution is 2.05. The van der Waals surface area contributed by atoms with Crippen molar-refractivity contribution in [3.8, 4) is 0 Å². The molecular formula is C11H24N2O2. The number of unbranched alkanes of at least 4 members (excludes halogenated alkanes) is 1. The van der Waals surface area contributed by atoms with Crippen LogP contribution in [0.15, 0.2) is 0 Å². The molecule has 0 aromatic carbocycles. The van der Waals surface area contributed by atoms with E-state index >= 15 is 0 Å². The third-order valence-corrected chi connectivity index (χ3v) is 2.73. The molecule has 0 aromatic heterocycles. The van der Waals surface area contributed by atoms with Gasteiger partial charge in [0.1, 0.15) is 0 Å². The number of nitrogens with zero attached hydrogens (tertiary/aromatic N) is 1. The molecule has 1 atom stereocenters. The maximum atomic E-state index is 5.65. The van der Waals surface area contributed by atoms with Crippen molar-refractivity contribution in [1.82, 2.24) is 10.2 Å². The van der Waals surface area contributed by atoms with Crippen LogP contribution in [0.2, 0.25) is 0 Å². The van der Waals surface area contributed by atoms with Gasteiger partial charge in [-0.1, -0.05) is 0 Å². The van der Waals surface area contributed by atoms with Gasteiger partial charge in [0.15, 0.2) is 0 Å². The lowest BCUT2D eigenvalue weighted by molar-refractivity contribution is -0.0269. The standard InChI is InChI=1S/C11H24N2O2/c1-12-9-11-10-13(6-8-15-11)5-3-4-7-14-2/h11-12H,3-10H2,1-2H3. The van der Waals surface area contributed by atoms with Crippen molar-refractivity contribution in [1.29, 1.82) is 0 Å². The van der Waals surface area contributed by atoms with Gasteiger partial charge in [0, 0.05) is 33.4 Å². The molecular weight excluding hydrogens is 192 g/mol. The topological polar surface area (TPSA) is 33.7 Å². The first kappa shape index (κ1) is 12.9. The molecule has 0 bridgehead atoms. The first-order chi connectivity index (χ1) is 7.36. The fraction of sp³-hybridized carbons (Fsp3) is 1.00. The largest absolute Gasteiger partial charge is 0.385 e. The highest BCUT2D eigenvalue weighted by atomic mass is 16.5. The Morgan fingerprint density at radius 1 is 1.47 bits per heavy atom. The second kappa shape index (κ2) is 8.05. The zero-order valence-corrected chi connectivity index (χ0v) is 10.00. The third-order valence-electron chi connectivity index (χ3n) is 2.73. The number of morpholine rings is 1. The quantitative estimate of drug-likeness (QED) is 0.622. The van der Waals surface area contributed by atoms with Crippen LogP contribution in [0.25, 0.3) is 0 Å². The molecule has 1 fully saturated rings. The SMILES string of the molecule is CNCC1CN(CCCCOC)CCO1. The molecule has 1 aliphatic heterocycles. The summed E-state index contributed by atoms with van der Waals surface area (Å²) < 4.78 is 10.7. The minimum Gasteiger partial charge on any atom is -0.385 e. The molecule has 1 N–H and O–H groups in total. The predicted octanol–water partition coefficient (Wildman–Crippen LogP) is 0.333. The zero-order valence-electron chi connectivity index (χ0n) is 10.00. The van der Waals surface area contributed by atoms with E-state index in [4.69, 9.17) is 9.47 Å². The normalized spacial score (nSPS) is 23.2. The molecule has 0 aromatic rings. The van der Waals surface area contributed by atoms with E-state index in [0.717, 1.165) is 39.3 Å². The van der Waals surface area contributed by atoms with E-state index in [-0.39, 0.29) is 0 Å². The summed E-state index contributed by atoms with van der Waals surface area (Å²) in [6.45, 7) is 6.02. The van der Waals surface area contributed by atoms with E-state index in [0.29, 0.717) is 6.10 Å². The number of rotatable bonds is 7. The van der Waals surface area contributed by atoms with Crippen LogP contribution < -0.4 is 5.32 Å². The van der Waals surface area contributed by atoms with Gasteiger partial charge in [-0.15, -0.1) is 0 Å². The fourth-order valence-corrected chi connectivity index (χ4v) is 1.92. The molecule has 15 heavy (non-hydrogen) atoms. The molecule has 90 valence electrons. The van der Waals surface area contributed by atoms with Crippen molar-refractivity contribution in [2.75, 3.05) is 53.6 Å². The Hall–Kier alpha value is -0.160. The minimum atomic E-state index is 0.367. The van der Waals surface area contributed by atoms with Crippen LogP contribution in [0.5, 0.6) is 0 Å². The average Bonchev–Trinajstić information content (AvgIpc) is 2.26. The summed E-state index contributed by atoms with van der Waals surface area (Å²) in [6, 6.07) is 0. The number of methoxy groups -OCH3 is 1. The molecule has 0 amide bonds. The van der Waals surface area contributed by atoms with E-state index in [1.54, 1.807) is 7.11 Å². The van der Waals surface area contributed by atoms with E-state index in [1.165, 1.54) is 13.0 Å². The van der Waals surface area contributed by atoms with Crippen LogP contribution in [0, 0.1) is 0 Å². The molecule has 4 heteroatoms. The van der Waals surface area contributed by atoms with Gasteiger partial charge in [-0.25, -0.2) is 0 Å². The molecule has 1 rings (SSSR count). The van der Waals surface area contributed by atoms with Crippen LogP contribution in [0.4, 0.5) is 0 Å². The van der Waals surface area contributed by atoms with Gasteiger partial charge in [0.2, 0.25) is 0 Å². The summed E-state index contributed by atoms with van der Waals surface area (Å²) in [4.78, 5) is 2.49. The van der Waals surface area contributed by atoms with Crippen molar-refractivity contribution >= 4 is 0 Å². The van der Waals surface area contributed by atoms with Crippen LogP contribution >= 0.6 is 0 Å². The van der Waals surface area contributed by atoms with E-state index < -0.39 is 0 Å². The first-order valence-electron chi connectivity index (χ1n) is 5.84. The molecule has 0 spiro atoms. The number of hydrogen-bond donors (Lipinski definition) is 1. The monoisotopic (exact) mass is 216 g/mol. The van der Waals surface area contributed by atoms with Crippen LogP contribution in [0.1, 0.15) is 12.8 Å². The summed E-state index contributed by atoms with van der Waals surface area (Å²) in [5.41, 5.74) is 0. The van der Waals surface area contributed by atoms with Crippen LogP contribution in [-0.4, -0.2) is 64.6 Å². The van der Waals surface area contributed by atoms with E-state index in [2.05, 4.69) is 10.2 Å². The Labute approximate surface area is 92.9 Å². The third kappa shape index (κ3) is 5.47. The Balaban J connectivity index is 2.07. The predicted molar refractivity (Wildman–Crippen MR) is 61.2 cm³/mol. The molecule has 1 heterocycles. The van der Waals surface area contributed by atoms with E-state index in [9.17, 15) is 0 Å². The molecule has 1 aliphatic rings. The van der Waals surface area contributed by atoms with Gasteiger partial charge in [-0.2, -0.15) is 0 Å². The van der Waals surface area contributed by atoms with Gasteiger partial charge in [-0.05, 0) is 26.4 Å². The number of nitrogens with one attached hydrogen (secondary N) is 1. The van der Waals surface area contributed by atoms with Crippen molar-refractivity contribution in [3.05, 3.63) is 0 Å². The highest BCUT2D eigenvalue weighted by Gasteiger charge is 2.18. The Bertz CT molecular complexity index is 154. The zero-order chi connectivity index (χ0) is 10.9. The fourth-order valence-electron chi connectivity index (χ4n) is 1.92. The van der Waals surface area contributed by atoms with Gasteiger partial charge in [0.25, 0.3) is 0 Å². The van der Waals surface area contributed by atoms with Gasteiger partial charge < -0.3 is 14.8 Å². The number of hydrogen-bond acceptors (Lipinski definition) is 4. The lowest BCUT2D eigenvalue weighted by Gasteiger charge is -2.32. The van der Waals surface area contributed by atoms with Gasteiger partial charge >= 0.3 is 0 Å². The van der Waals surface area contributed by atoms with Crippen molar-refractivity contribution in [2.24, 2.45) is 0 Å². The van der Waals surface area contributed by atoms with Crippen LogP contribution in [0.3, 0.4) is 0 Å². The van der Waals surface area contributed by atoms with Gasteiger partial charge in [-0.3, -0.25) is 4.90 Å². The summed E-state index contributed by atoms with van der Waals surface area (Å²) in [5.74, 6) is 0. The lowest BCUT2D eigenvalue weighted by atomic mass is 10.2. The summed E-state index contributed by atoms with van der Waals surface area (Å²) in [7, 11) is 3.73. The average molecular weight is 216 g/mol. The van der Waals surface area contributed by atoms with Gasteiger partial charge in [0.05, 0.1) is 12.7 Å².